The highest BCUT2D eigenvalue weighted by molar-refractivity contribution is 4.69. The predicted octanol–water partition coefficient (Wildman–Crippen LogP) is 2.47. The van der Waals surface area contributed by atoms with Gasteiger partial charge in [0.1, 0.15) is 0 Å². The molecular formula is C7H13F3O. The first-order valence-corrected chi connectivity index (χ1v) is 3.45. The van der Waals surface area contributed by atoms with Gasteiger partial charge in [0.05, 0.1) is 12.5 Å². The van der Waals surface area contributed by atoms with Crippen LogP contribution in [0.4, 0.5) is 13.2 Å². The monoisotopic (exact) mass is 170 g/mol. The Morgan fingerprint density at radius 2 is 1.73 bits per heavy atom. The molecule has 1 nitrogen and oxygen atoms in total. The van der Waals surface area contributed by atoms with Crippen molar-refractivity contribution in [3.63, 3.8) is 0 Å². The van der Waals surface area contributed by atoms with E-state index in [4.69, 9.17) is 0 Å². The smallest absolute Gasteiger partial charge is 0.384 e. The molecule has 0 saturated carbocycles. The van der Waals surface area contributed by atoms with Crippen molar-refractivity contribution in [2.24, 2.45) is 11.8 Å². The molecule has 1 atom stereocenters. The molecule has 0 rings (SSSR count). The normalized spacial score (nSPS) is 15.5. The van der Waals surface area contributed by atoms with Crippen molar-refractivity contribution in [1.82, 2.24) is 0 Å². The molecule has 11 heavy (non-hydrogen) atoms. The summed E-state index contributed by atoms with van der Waals surface area (Å²) in [6.07, 6.45) is -4.13. The molecule has 68 valence electrons. The lowest BCUT2D eigenvalue weighted by atomic mass is 9.96. The van der Waals surface area contributed by atoms with Crippen molar-refractivity contribution in [3.8, 4) is 0 Å². The molecule has 0 amide bonds. The number of rotatable bonds is 3. The van der Waals surface area contributed by atoms with Gasteiger partial charge in [-0.15, -0.1) is 0 Å². The molecule has 0 N–H and O–H groups in total. The summed E-state index contributed by atoms with van der Waals surface area (Å²) in [6, 6.07) is 0. The van der Waals surface area contributed by atoms with Crippen molar-refractivity contribution in [1.29, 1.82) is 0 Å². The summed E-state index contributed by atoms with van der Waals surface area (Å²) < 4.78 is 40.7. The zero-order chi connectivity index (χ0) is 9.07. The number of hydrogen-bond acceptors (Lipinski definition) is 1. The van der Waals surface area contributed by atoms with Gasteiger partial charge in [0.15, 0.2) is 0 Å². The van der Waals surface area contributed by atoms with E-state index >= 15 is 0 Å². The molecule has 0 bridgehead atoms. The van der Waals surface area contributed by atoms with E-state index in [-0.39, 0.29) is 6.61 Å². The second-order valence-electron chi connectivity index (χ2n) is 2.85. The standard InChI is InChI=1S/C7H13F3O/c1-5(2)6(4-11-3)7(8,9)10/h5-6H,4H2,1-3H3/t6-/m1/s1. The highest BCUT2D eigenvalue weighted by Crippen LogP contribution is 2.31. The van der Waals surface area contributed by atoms with E-state index in [1.54, 1.807) is 0 Å². The zero-order valence-electron chi connectivity index (χ0n) is 6.90. The lowest BCUT2D eigenvalue weighted by molar-refractivity contribution is -0.197. The molecule has 0 heterocycles. The number of hydrogen-bond donors (Lipinski definition) is 0. The van der Waals surface area contributed by atoms with E-state index in [1.807, 2.05) is 0 Å². The van der Waals surface area contributed by atoms with Crippen LogP contribution in [0.15, 0.2) is 0 Å². The Kier molecular flexibility index (Phi) is 3.86. The maximum Gasteiger partial charge on any atom is 0.394 e. The summed E-state index contributed by atoms with van der Waals surface area (Å²) in [4.78, 5) is 0. The highest BCUT2D eigenvalue weighted by Gasteiger charge is 2.41. The van der Waals surface area contributed by atoms with Crippen LogP contribution in [0.2, 0.25) is 0 Å². The molecule has 0 aromatic rings. The molecule has 0 unspecified atom stereocenters. The van der Waals surface area contributed by atoms with Gasteiger partial charge in [0.25, 0.3) is 0 Å². The molecular weight excluding hydrogens is 157 g/mol. The number of halogens is 3. The molecule has 0 saturated heterocycles. The summed E-state index contributed by atoms with van der Waals surface area (Å²) in [5.74, 6) is -1.76. The van der Waals surface area contributed by atoms with Gasteiger partial charge in [0, 0.05) is 7.11 Å². The molecule has 0 spiro atoms. The van der Waals surface area contributed by atoms with E-state index in [9.17, 15) is 13.2 Å². The fourth-order valence-electron chi connectivity index (χ4n) is 0.844. The largest absolute Gasteiger partial charge is 0.394 e. The third kappa shape index (κ3) is 3.60. The van der Waals surface area contributed by atoms with Crippen LogP contribution in [0.3, 0.4) is 0 Å². The van der Waals surface area contributed by atoms with Gasteiger partial charge in [0.2, 0.25) is 0 Å². The predicted molar refractivity (Wildman–Crippen MR) is 36.3 cm³/mol. The zero-order valence-corrected chi connectivity index (χ0v) is 6.90. The number of methoxy groups -OCH3 is 1. The van der Waals surface area contributed by atoms with Crippen molar-refractivity contribution >= 4 is 0 Å². The molecule has 0 fully saturated rings. The molecule has 0 aromatic carbocycles. The van der Waals surface area contributed by atoms with Crippen molar-refractivity contribution < 1.29 is 17.9 Å². The molecule has 0 aliphatic carbocycles. The molecule has 0 aliphatic heterocycles. The van der Waals surface area contributed by atoms with Gasteiger partial charge < -0.3 is 4.74 Å². The van der Waals surface area contributed by atoms with Crippen LogP contribution in [0.5, 0.6) is 0 Å². The van der Waals surface area contributed by atoms with E-state index in [1.165, 1.54) is 21.0 Å². The lowest BCUT2D eigenvalue weighted by Crippen LogP contribution is -2.31. The summed E-state index contributed by atoms with van der Waals surface area (Å²) in [5.41, 5.74) is 0. The Labute approximate surface area is 64.5 Å². The second kappa shape index (κ2) is 3.95. The van der Waals surface area contributed by atoms with Gasteiger partial charge >= 0.3 is 6.18 Å². The first kappa shape index (κ1) is 10.8. The fraction of sp³-hybridized carbons (Fsp3) is 1.00. The summed E-state index contributed by atoms with van der Waals surface area (Å²) in [6.45, 7) is 2.83. The van der Waals surface area contributed by atoms with Crippen LogP contribution in [0, 0.1) is 11.8 Å². The van der Waals surface area contributed by atoms with Crippen LogP contribution in [-0.2, 0) is 4.74 Å². The SMILES string of the molecule is COC[C@H](C(C)C)C(F)(F)F. The Morgan fingerprint density at radius 3 is 1.82 bits per heavy atom. The van der Waals surface area contributed by atoms with E-state index in [0.29, 0.717) is 0 Å². The minimum atomic E-state index is -4.13. The lowest BCUT2D eigenvalue weighted by Gasteiger charge is -2.22. The Balaban J connectivity index is 4.10. The molecule has 0 aliphatic rings. The summed E-state index contributed by atoms with van der Waals surface area (Å²) >= 11 is 0. The second-order valence-corrected chi connectivity index (χ2v) is 2.85. The maximum atomic E-state index is 12.1. The van der Waals surface area contributed by atoms with Crippen molar-refractivity contribution in [2.45, 2.75) is 20.0 Å². The third-order valence-electron chi connectivity index (χ3n) is 1.57. The minimum absolute atomic E-state index is 0.249. The highest BCUT2D eigenvalue weighted by atomic mass is 19.4. The average molecular weight is 170 g/mol. The minimum Gasteiger partial charge on any atom is -0.384 e. The Hall–Kier alpha value is -0.250. The average Bonchev–Trinajstić information content (AvgIpc) is 1.79. The Morgan fingerprint density at radius 1 is 1.27 bits per heavy atom. The van der Waals surface area contributed by atoms with Gasteiger partial charge in [-0.1, -0.05) is 13.8 Å². The van der Waals surface area contributed by atoms with Crippen LogP contribution in [-0.4, -0.2) is 19.9 Å². The van der Waals surface area contributed by atoms with Gasteiger partial charge in [-0.05, 0) is 5.92 Å². The first-order valence-electron chi connectivity index (χ1n) is 3.45. The van der Waals surface area contributed by atoms with Crippen molar-refractivity contribution in [2.75, 3.05) is 13.7 Å². The van der Waals surface area contributed by atoms with Gasteiger partial charge in [-0.25, -0.2) is 0 Å². The molecule has 0 aromatic heterocycles. The van der Waals surface area contributed by atoms with E-state index < -0.39 is 18.0 Å². The Bertz CT molecular complexity index is 109. The van der Waals surface area contributed by atoms with Crippen LogP contribution < -0.4 is 0 Å². The van der Waals surface area contributed by atoms with Gasteiger partial charge in [-0.2, -0.15) is 13.2 Å². The van der Waals surface area contributed by atoms with E-state index in [0.717, 1.165) is 0 Å². The summed E-state index contributed by atoms with van der Waals surface area (Å²) in [7, 11) is 1.28. The maximum absolute atomic E-state index is 12.1. The van der Waals surface area contributed by atoms with Crippen molar-refractivity contribution in [3.05, 3.63) is 0 Å². The van der Waals surface area contributed by atoms with Gasteiger partial charge in [-0.3, -0.25) is 0 Å². The molecule has 4 heteroatoms. The quantitative estimate of drug-likeness (QED) is 0.632. The fourth-order valence-corrected chi connectivity index (χ4v) is 0.844. The van der Waals surface area contributed by atoms with Crippen LogP contribution >= 0.6 is 0 Å². The van der Waals surface area contributed by atoms with E-state index in [2.05, 4.69) is 4.74 Å². The van der Waals surface area contributed by atoms with Crippen LogP contribution in [0.25, 0.3) is 0 Å². The molecule has 0 radical (unpaired) electrons. The third-order valence-corrected chi connectivity index (χ3v) is 1.57. The summed E-state index contributed by atoms with van der Waals surface area (Å²) in [5, 5.41) is 0. The van der Waals surface area contributed by atoms with Crippen LogP contribution in [0.1, 0.15) is 13.8 Å². The topological polar surface area (TPSA) is 9.23 Å². The first-order chi connectivity index (χ1) is 4.89. The number of ether oxygens (including phenoxy) is 1. The number of alkyl halides is 3.